The molecular weight excluding hydrogens is 424 g/mol. The Kier molecular flexibility index (Phi) is 6.00. The maximum atomic E-state index is 12.7. The smallest absolute Gasteiger partial charge is 0.412 e. The quantitative estimate of drug-likeness (QED) is 0.669. The number of phenols is 1. The number of urea groups is 1. The predicted octanol–water partition coefficient (Wildman–Crippen LogP) is 1.42. The molecule has 2 aliphatic heterocycles. The van der Waals surface area contributed by atoms with Crippen LogP contribution in [0.15, 0.2) is 35.6 Å². The van der Waals surface area contributed by atoms with Gasteiger partial charge in [0.25, 0.3) is 0 Å². The molecule has 1 aromatic heterocycles. The standard InChI is InChI=1S/C19H22N6O5S/c1-29-15-14-16(22-11-21-15)31-19(25(14)17(20)27)30-18(28)24-7-5-23(6-8-24)10-12-3-2-4-13(26)9-12/h2-4,9,11,19,26H,5-8,10H2,1H3,(H2,20,27). The van der Waals surface area contributed by atoms with Crippen LogP contribution in [0.5, 0.6) is 11.6 Å². The van der Waals surface area contributed by atoms with Crippen LogP contribution in [0.3, 0.4) is 0 Å². The second-order valence-electron chi connectivity index (χ2n) is 6.99. The number of amides is 3. The molecule has 3 N–H and O–H groups in total. The number of thioether (sulfide) groups is 1. The number of aromatic nitrogens is 2. The van der Waals surface area contributed by atoms with Gasteiger partial charge < -0.3 is 25.2 Å². The number of hydrogen-bond donors (Lipinski definition) is 2. The number of hydrogen-bond acceptors (Lipinski definition) is 9. The lowest BCUT2D eigenvalue weighted by atomic mass is 10.2. The molecule has 0 aliphatic carbocycles. The van der Waals surface area contributed by atoms with Gasteiger partial charge in [0.05, 0.1) is 7.11 Å². The first kappa shape index (κ1) is 21.0. The molecule has 1 atom stereocenters. The highest BCUT2D eigenvalue weighted by Crippen LogP contribution is 2.46. The summed E-state index contributed by atoms with van der Waals surface area (Å²) in [7, 11) is 1.42. The van der Waals surface area contributed by atoms with Gasteiger partial charge in [-0.3, -0.25) is 4.90 Å². The number of ether oxygens (including phenoxy) is 2. The Balaban J connectivity index is 1.36. The largest absolute Gasteiger partial charge is 0.508 e. The van der Waals surface area contributed by atoms with Crippen molar-refractivity contribution in [2.24, 2.45) is 5.73 Å². The van der Waals surface area contributed by atoms with Crippen molar-refractivity contribution < 1.29 is 24.2 Å². The molecule has 31 heavy (non-hydrogen) atoms. The lowest BCUT2D eigenvalue weighted by molar-refractivity contribution is 0.0690. The van der Waals surface area contributed by atoms with Crippen LogP contribution in [0.25, 0.3) is 0 Å². The summed E-state index contributed by atoms with van der Waals surface area (Å²) in [5, 5.41) is 10.1. The maximum absolute atomic E-state index is 12.7. The predicted molar refractivity (Wildman–Crippen MR) is 112 cm³/mol. The summed E-state index contributed by atoms with van der Waals surface area (Å²) >= 11 is 1.09. The van der Waals surface area contributed by atoms with Gasteiger partial charge in [-0.2, -0.15) is 4.98 Å². The Bertz CT molecular complexity index is 984. The molecule has 0 spiro atoms. The van der Waals surface area contributed by atoms with E-state index in [0.29, 0.717) is 37.7 Å². The SMILES string of the molecule is COc1ncnc2c1N(C(N)=O)C(OC(=O)N1CCN(Cc3cccc(O)c3)CC1)S2. The van der Waals surface area contributed by atoms with Crippen molar-refractivity contribution in [1.29, 1.82) is 0 Å². The van der Waals surface area contributed by atoms with Gasteiger partial charge in [0.1, 0.15) is 22.8 Å². The average Bonchev–Trinajstić information content (AvgIpc) is 3.12. The number of piperazine rings is 1. The third-order valence-corrected chi connectivity index (χ3v) is 6.03. The molecule has 0 saturated carbocycles. The van der Waals surface area contributed by atoms with E-state index in [1.807, 2.05) is 6.07 Å². The number of nitrogens with two attached hydrogens (primary N) is 1. The minimum atomic E-state index is -0.990. The van der Waals surface area contributed by atoms with Crippen LogP contribution >= 0.6 is 11.8 Å². The van der Waals surface area contributed by atoms with Crippen LogP contribution < -0.4 is 15.4 Å². The van der Waals surface area contributed by atoms with Gasteiger partial charge in [-0.15, -0.1) is 0 Å². The van der Waals surface area contributed by atoms with Gasteiger partial charge in [-0.05, 0) is 29.5 Å². The van der Waals surface area contributed by atoms with Crippen molar-refractivity contribution >= 4 is 29.6 Å². The number of rotatable bonds is 4. The molecule has 11 nitrogen and oxygen atoms in total. The lowest BCUT2D eigenvalue weighted by Crippen LogP contribution is -2.50. The number of carbonyl (C=O) groups excluding carboxylic acids is 2. The van der Waals surface area contributed by atoms with Crippen LogP contribution in [-0.4, -0.2) is 75.8 Å². The molecular formula is C19H22N6O5S. The molecule has 4 rings (SSSR count). The highest BCUT2D eigenvalue weighted by atomic mass is 32.2. The van der Waals surface area contributed by atoms with Crippen molar-refractivity contribution in [2.45, 2.75) is 17.1 Å². The Morgan fingerprint density at radius 2 is 2.03 bits per heavy atom. The molecule has 2 aliphatic rings. The normalized spacial score (nSPS) is 18.5. The fourth-order valence-electron chi connectivity index (χ4n) is 3.50. The Morgan fingerprint density at radius 3 is 2.71 bits per heavy atom. The third-order valence-electron chi connectivity index (χ3n) is 5.00. The van der Waals surface area contributed by atoms with Crippen molar-refractivity contribution in [3.63, 3.8) is 0 Å². The van der Waals surface area contributed by atoms with E-state index in [2.05, 4.69) is 14.9 Å². The molecule has 1 fully saturated rings. The van der Waals surface area contributed by atoms with Gasteiger partial charge in [0, 0.05) is 32.7 Å². The molecule has 12 heteroatoms. The van der Waals surface area contributed by atoms with E-state index in [4.69, 9.17) is 15.2 Å². The van der Waals surface area contributed by atoms with E-state index in [1.165, 1.54) is 13.4 Å². The second kappa shape index (κ2) is 8.86. The number of methoxy groups -OCH3 is 1. The molecule has 0 radical (unpaired) electrons. The summed E-state index contributed by atoms with van der Waals surface area (Å²) in [6.45, 7) is 2.94. The van der Waals surface area contributed by atoms with E-state index in [1.54, 1.807) is 23.1 Å². The van der Waals surface area contributed by atoms with Gasteiger partial charge in [-0.25, -0.2) is 19.5 Å². The molecule has 1 saturated heterocycles. The Labute approximate surface area is 182 Å². The first-order chi connectivity index (χ1) is 15.0. The summed E-state index contributed by atoms with van der Waals surface area (Å²) < 4.78 is 10.8. The average molecular weight is 446 g/mol. The zero-order valence-corrected chi connectivity index (χ0v) is 17.6. The van der Waals surface area contributed by atoms with Crippen LogP contribution in [0, 0.1) is 0 Å². The van der Waals surface area contributed by atoms with Crippen molar-refractivity contribution in [1.82, 2.24) is 19.8 Å². The number of carbonyl (C=O) groups is 2. The Morgan fingerprint density at radius 1 is 1.26 bits per heavy atom. The van der Waals surface area contributed by atoms with E-state index in [-0.39, 0.29) is 17.3 Å². The Hall–Kier alpha value is -3.25. The van der Waals surface area contributed by atoms with E-state index in [0.717, 1.165) is 22.2 Å². The van der Waals surface area contributed by atoms with Gasteiger partial charge in [-0.1, -0.05) is 12.1 Å². The van der Waals surface area contributed by atoms with Gasteiger partial charge >= 0.3 is 12.1 Å². The molecule has 2 aromatic rings. The number of aromatic hydroxyl groups is 1. The minimum Gasteiger partial charge on any atom is -0.508 e. The summed E-state index contributed by atoms with van der Waals surface area (Å²) in [6, 6.07) is 6.32. The summed E-state index contributed by atoms with van der Waals surface area (Å²) in [5.41, 5.74) is 5.82. The van der Waals surface area contributed by atoms with Crippen molar-refractivity contribution in [2.75, 3.05) is 38.2 Å². The zero-order chi connectivity index (χ0) is 22.0. The molecule has 164 valence electrons. The van der Waals surface area contributed by atoms with Crippen molar-refractivity contribution in [3.05, 3.63) is 36.2 Å². The first-order valence-electron chi connectivity index (χ1n) is 9.56. The van der Waals surface area contributed by atoms with E-state index in [9.17, 15) is 14.7 Å². The molecule has 0 bridgehead atoms. The van der Waals surface area contributed by atoms with Crippen LogP contribution in [0.4, 0.5) is 15.3 Å². The first-order valence-corrected chi connectivity index (χ1v) is 10.4. The second-order valence-corrected chi connectivity index (χ2v) is 8.01. The molecule has 1 aromatic carbocycles. The molecule has 3 heterocycles. The third kappa shape index (κ3) is 4.44. The lowest BCUT2D eigenvalue weighted by Gasteiger charge is -2.35. The highest BCUT2D eigenvalue weighted by molar-refractivity contribution is 8.00. The summed E-state index contributed by atoms with van der Waals surface area (Å²) in [5.74, 6) is 0.408. The zero-order valence-electron chi connectivity index (χ0n) is 16.8. The van der Waals surface area contributed by atoms with Crippen LogP contribution in [0.1, 0.15) is 5.56 Å². The van der Waals surface area contributed by atoms with Gasteiger partial charge in [0.15, 0.2) is 0 Å². The molecule has 1 unspecified atom stereocenters. The van der Waals surface area contributed by atoms with E-state index < -0.39 is 17.7 Å². The summed E-state index contributed by atoms with van der Waals surface area (Å²) in [4.78, 5) is 37.8. The number of benzene rings is 1. The number of nitrogens with zero attached hydrogens (tertiary/aromatic N) is 5. The maximum Gasteiger partial charge on any atom is 0.412 e. The van der Waals surface area contributed by atoms with Crippen molar-refractivity contribution in [3.8, 4) is 11.6 Å². The van der Waals surface area contributed by atoms with Crippen LogP contribution in [0.2, 0.25) is 0 Å². The number of primary amides is 1. The topological polar surface area (TPSA) is 134 Å². The minimum absolute atomic E-state index is 0.176. The number of phenolic OH excluding ortho intramolecular Hbond substituents is 1. The van der Waals surface area contributed by atoms with Crippen LogP contribution in [-0.2, 0) is 11.3 Å². The molecule has 3 amide bonds. The number of fused-ring (bicyclic) bond motifs is 1. The number of anilines is 1. The fourth-order valence-corrected chi connectivity index (χ4v) is 4.54. The highest BCUT2D eigenvalue weighted by Gasteiger charge is 2.41. The van der Waals surface area contributed by atoms with E-state index >= 15 is 0 Å². The monoisotopic (exact) mass is 446 g/mol. The summed E-state index contributed by atoms with van der Waals surface area (Å²) in [6.07, 6.45) is 0.764. The fraction of sp³-hybridized carbons (Fsp3) is 0.368. The van der Waals surface area contributed by atoms with Gasteiger partial charge in [0.2, 0.25) is 11.4 Å².